The summed E-state index contributed by atoms with van der Waals surface area (Å²) in [5, 5.41) is 0. The number of fused-ring (bicyclic) bond motifs is 1. The van der Waals surface area contributed by atoms with Gasteiger partial charge in [0.05, 0.1) is 18.1 Å². The van der Waals surface area contributed by atoms with Crippen molar-refractivity contribution in [3.63, 3.8) is 0 Å². The van der Waals surface area contributed by atoms with Gasteiger partial charge in [0.25, 0.3) is 5.91 Å². The number of likely N-dealkylation sites (tertiary alicyclic amines) is 1. The lowest BCUT2D eigenvalue weighted by atomic mass is 10.0. The lowest BCUT2D eigenvalue weighted by molar-refractivity contribution is -0.145. The van der Waals surface area contributed by atoms with E-state index in [1.807, 2.05) is 0 Å². The average molecular weight is 480 g/mol. The van der Waals surface area contributed by atoms with Gasteiger partial charge < -0.3 is 24.0 Å². The van der Waals surface area contributed by atoms with E-state index in [-0.39, 0.29) is 17.4 Å². The highest BCUT2D eigenvalue weighted by atomic mass is 32.2. The van der Waals surface area contributed by atoms with Crippen molar-refractivity contribution < 1.29 is 27.4 Å². The van der Waals surface area contributed by atoms with Crippen molar-refractivity contribution in [2.75, 3.05) is 59.1 Å². The van der Waals surface area contributed by atoms with Crippen molar-refractivity contribution in [3.05, 3.63) is 18.2 Å². The zero-order valence-corrected chi connectivity index (χ0v) is 19.8. The molecule has 1 atom stereocenters. The fraction of sp³-hybridized carbons (Fsp3) is 0.696. The van der Waals surface area contributed by atoms with Crippen molar-refractivity contribution in [1.82, 2.24) is 14.1 Å². The Morgan fingerprint density at radius 1 is 0.909 bits per heavy atom. The highest BCUT2D eigenvalue weighted by Crippen LogP contribution is 2.35. The summed E-state index contributed by atoms with van der Waals surface area (Å²) >= 11 is 0. The first kappa shape index (κ1) is 22.9. The molecule has 1 aromatic carbocycles. The molecule has 5 rings (SSSR count). The Morgan fingerprint density at radius 3 is 2.36 bits per heavy atom. The van der Waals surface area contributed by atoms with Crippen LogP contribution in [0.4, 0.5) is 0 Å². The maximum absolute atomic E-state index is 13.3. The molecule has 182 valence electrons. The Balaban J connectivity index is 1.22. The van der Waals surface area contributed by atoms with E-state index in [2.05, 4.69) is 4.90 Å². The Kier molecular flexibility index (Phi) is 6.78. The maximum Gasteiger partial charge on any atom is 0.267 e. The number of carbonyl (C=O) groups excluding carboxylic acids is 1. The molecule has 1 aromatic rings. The third kappa shape index (κ3) is 4.84. The van der Waals surface area contributed by atoms with Gasteiger partial charge in [-0.2, -0.15) is 4.31 Å². The van der Waals surface area contributed by atoms with Crippen molar-refractivity contribution >= 4 is 15.9 Å². The van der Waals surface area contributed by atoms with E-state index in [1.54, 1.807) is 21.3 Å². The molecule has 10 heteroatoms. The summed E-state index contributed by atoms with van der Waals surface area (Å²) in [6.45, 7) is 5.52. The molecule has 0 spiro atoms. The molecule has 1 unspecified atom stereocenters. The number of piperidine rings is 2. The van der Waals surface area contributed by atoms with Crippen LogP contribution in [0.1, 0.15) is 32.1 Å². The van der Waals surface area contributed by atoms with E-state index in [4.69, 9.17) is 14.2 Å². The second-order valence-corrected chi connectivity index (χ2v) is 11.1. The quantitative estimate of drug-likeness (QED) is 0.644. The largest absolute Gasteiger partial charge is 0.485 e. The van der Waals surface area contributed by atoms with Gasteiger partial charge in [0.15, 0.2) is 11.5 Å². The van der Waals surface area contributed by atoms with E-state index < -0.39 is 16.1 Å². The Hall–Kier alpha value is -1.88. The van der Waals surface area contributed by atoms with Gasteiger partial charge in [-0.3, -0.25) is 4.79 Å². The Bertz CT molecular complexity index is 951. The number of rotatable bonds is 4. The van der Waals surface area contributed by atoms with E-state index in [0.717, 1.165) is 25.9 Å². The summed E-state index contributed by atoms with van der Waals surface area (Å²) in [5.41, 5.74) is 0. The number of amides is 1. The monoisotopic (exact) mass is 479 g/mol. The fourth-order valence-corrected chi connectivity index (χ4v) is 6.69. The maximum atomic E-state index is 13.3. The van der Waals surface area contributed by atoms with Gasteiger partial charge in [0, 0.05) is 38.3 Å². The smallest absolute Gasteiger partial charge is 0.267 e. The molecule has 4 aliphatic heterocycles. The van der Waals surface area contributed by atoms with Crippen LogP contribution >= 0.6 is 0 Å². The van der Waals surface area contributed by atoms with Gasteiger partial charge in [-0.25, -0.2) is 8.42 Å². The summed E-state index contributed by atoms with van der Waals surface area (Å²) in [5.74, 6) is 0.637. The lowest BCUT2D eigenvalue weighted by Gasteiger charge is -2.39. The third-order valence-electron chi connectivity index (χ3n) is 7.14. The minimum atomic E-state index is -3.61. The number of benzene rings is 1. The second-order valence-electron chi connectivity index (χ2n) is 9.20. The Labute approximate surface area is 195 Å². The van der Waals surface area contributed by atoms with Gasteiger partial charge in [-0.05, 0) is 50.9 Å². The highest BCUT2D eigenvalue weighted by molar-refractivity contribution is 7.89. The van der Waals surface area contributed by atoms with Crippen LogP contribution in [0.25, 0.3) is 0 Å². The van der Waals surface area contributed by atoms with E-state index in [0.29, 0.717) is 56.9 Å². The minimum Gasteiger partial charge on any atom is -0.485 e. The number of hydrogen-bond donors (Lipinski definition) is 0. The van der Waals surface area contributed by atoms with Crippen LogP contribution < -0.4 is 9.47 Å². The molecular formula is C23H33N3O6S. The average Bonchev–Trinajstić information content (AvgIpc) is 2.88. The molecule has 4 heterocycles. The molecule has 4 aliphatic rings. The molecular weight excluding hydrogens is 446 g/mol. The van der Waals surface area contributed by atoms with Crippen LogP contribution in [0.3, 0.4) is 0 Å². The van der Waals surface area contributed by atoms with Crippen molar-refractivity contribution in [3.8, 4) is 11.5 Å². The molecule has 0 bridgehead atoms. The van der Waals surface area contributed by atoms with E-state index in [9.17, 15) is 13.2 Å². The van der Waals surface area contributed by atoms with Gasteiger partial charge in [0.2, 0.25) is 16.1 Å². The number of morpholine rings is 1. The van der Waals surface area contributed by atoms with Crippen molar-refractivity contribution in [2.45, 2.75) is 49.1 Å². The highest BCUT2D eigenvalue weighted by Gasteiger charge is 2.35. The molecule has 9 nitrogen and oxygen atoms in total. The first-order valence-electron chi connectivity index (χ1n) is 12.1. The molecule has 0 aromatic heterocycles. The van der Waals surface area contributed by atoms with Crippen LogP contribution in [-0.2, 0) is 19.6 Å². The molecule has 3 fully saturated rings. The normalized spacial score (nSPS) is 25.7. The molecule has 3 saturated heterocycles. The standard InChI is InChI=1S/C23H33N3O6S/c27-23(25-12-14-30-15-13-25)22-17-31-21-16-19(4-5-20(21)32-22)33(28,29)26-10-6-18(7-11-26)24-8-2-1-3-9-24/h4-5,16,18,22H,1-3,6-15,17H2. The van der Waals surface area contributed by atoms with Crippen LogP contribution in [0.5, 0.6) is 11.5 Å². The fourth-order valence-electron chi connectivity index (χ4n) is 5.20. The van der Waals surface area contributed by atoms with Crippen LogP contribution in [-0.4, -0.2) is 99.7 Å². The van der Waals surface area contributed by atoms with Crippen molar-refractivity contribution in [2.24, 2.45) is 0 Å². The van der Waals surface area contributed by atoms with E-state index >= 15 is 0 Å². The number of sulfonamides is 1. The summed E-state index contributed by atoms with van der Waals surface area (Å²) < 4.78 is 45.1. The second kappa shape index (κ2) is 9.77. The molecule has 33 heavy (non-hydrogen) atoms. The summed E-state index contributed by atoms with van der Waals surface area (Å²) in [4.78, 5) is 17.2. The molecule has 0 saturated carbocycles. The number of hydrogen-bond acceptors (Lipinski definition) is 7. The van der Waals surface area contributed by atoms with Crippen LogP contribution in [0.15, 0.2) is 23.1 Å². The number of ether oxygens (including phenoxy) is 3. The van der Waals surface area contributed by atoms with Crippen LogP contribution in [0, 0.1) is 0 Å². The predicted octanol–water partition coefficient (Wildman–Crippen LogP) is 1.32. The molecule has 0 N–H and O–H groups in total. The lowest BCUT2D eigenvalue weighted by Crippen LogP contribution is -2.50. The number of nitrogens with zero attached hydrogens (tertiary/aromatic N) is 3. The zero-order chi connectivity index (χ0) is 22.8. The third-order valence-corrected chi connectivity index (χ3v) is 9.04. The Morgan fingerprint density at radius 2 is 1.64 bits per heavy atom. The first-order valence-corrected chi connectivity index (χ1v) is 13.5. The van der Waals surface area contributed by atoms with Gasteiger partial charge in [-0.1, -0.05) is 6.42 Å². The summed E-state index contributed by atoms with van der Waals surface area (Å²) in [6, 6.07) is 5.16. The SMILES string of the molecule is O=C(C1COc2cc(S(=O)(=O)N3CCC(N4CCCCC4)CC3)ccc2O1)N1CCOCC1. The van der Waals surface area contributed by atoms with Gasteiger partial charge in [0.1, 0.15) is 6.61 Å². The van der Waals surface area contributed by atoms with Crippen molar-refractivity contribution in [1.29, 1.82) is 0 Å². The summed E-state index contributed by atoms with van der Waals surface area (Å²) in [6.07, 6.45) is 4.80. The van der Waals surface area contributed by atoms with E-state index in [1.165, 1.54) is 25.3 Å². The molecule has 0 radical (unpaired) electrons. The summed E-state index contributed by atoms with van der Waals surface area (Å²) in [7, 11) is -3.61. The topological polar surface area (TPSA) is 88.6 Å². The minimum absolute atomic E-state index is 0.0634. The van der Waals surface area contributed by atoms with Crippen LogP contribution in [0.2, 0.25) is 0 Å². The molecule has 0 aliphatic carbocycles. The zero-order valence-electron chi connectivity index (χ0n) is 19.0. The van der Waals surface area contributed by atoms with Gasteiger partial charge in [-0.15, -0.1) is 0 Å². The molecule has 1 amide bonds. The van der Waals surface area contributed by atoms with Gasteiger partial charge >= 0.3 is 0 Å². The first-order chi connectivity index (χ1) is 16.0. The number of carbonyl (C=O) groups is 1. The predicted molar refractivity (Wildman–Crippen MR) is 121 cm³/mol.